The summed E-state index contributed by atoms with van der Waals surface area (Å²) < 4.78 is 15.5. The lowest BCUT2D eigenvalue weighted by atomic mass is 9.94. The van der Waals surface area contributed by atoms with Gasteiger partial charge in [-0.2, -0.15) is 12.6 Å². The Kier molecular flexibility index (Phi) is 18.7. The van der Waals surface area contributed by atoms with E-state index in [0.717, 1.165) is 22.9 Å². The highest BCUT2D eigenvalue weighted by atomic mass is 33.1. The van der Waals surface area contributed by atoms with Gasteiger partial charge in [-0.1, -0.05) is 71.4 Å². The number of rotatable bonds is 20. The summed E-state index contributed by atoms with van der Waals surface area (Å²) in [6.07, 6.45) is 0. The average Bonchev–Trinajstić information content (AvgIpc) is 3.07. The van der Waals surface area contributed by atoms with Crippen LogP contribution in [-0.4, -0.2) is 102 Å². The number of esters is 2. The van der Waals surface area contributed by atoms with Gasteiger partial charge >= 0.3 is 11.9 Å². The van der Waals surface area contributed by atoms with E-state index in [1.54, 1.807) is 48.5 Å². The summed E-state index contributed by atoms with van der Waals surface area (Å²) in [6, 6.07) is 9.91. The first-order valence-corrected chi connectivity index (χ1v) is 18.2. The smallest absolute Gasteiger partial charge is 0.329 e. The van der Waals surface area contributed by atoms with Crippen LogP contribution < -0.4 is 20.1 Å². The normalized spacial score (nSPS) is 13.4. The molecule has 0 bridgehead atoms. The number of nitrogens with one attached hydrogen (secondary N) is 4. The van der Waals surface area contributed by atoms with Gasteiger partial charge in [0.05, 0.1) is 32.9 Å². The fraction of sp³-hybridized carbons (Fsp3) is 0.357. The number of amides is 2. The van der Waals surface area contributed by atoms with Gasteiger partial charge in [-0.05, 0) is 39.6 Å². The minimum atomic E-state index is -1.08. The third-order valence-electron chi connectivity index (χ3n) is 6.03. The maximum absolute atomic E-state index is 13.5. The molecule has 0 aliphatic rings. The highest BCUT2D eigenvalue weighted by Crippen LogP contribution is 2.28. The molecular weight excluding hydrogens is 713 g/mol. The largest absolute Gasteiger partial charge is 0.467 e. The molecule has 2 aromatic carbocycles. The van der Waals surface area contributed by atoms with E-state index in [4.69, 9.17) is 21.7 Å². The molecule has 2 unspecified atom stereocenters. The second kappa shape index (κ2) is 21.6. The summed E-state index contributed by atoms with van der Waals surface area (Å²) >= 11 is 13.8. The Bertz CT molecular complexity index is 1370. The van der Waals surface area contributed by atoms with Gasteiger partial charge in [0.2, 0.25) is 5.12 Å². The third kappa shape index (κ3) is 12.4. The van der Waals surface area contributed by atoms with Gasteiger partial charge in [-0.15, -0.1) is 12.6 Å². The Morgan fingerprint density at radius 1 is 0.848 bits per heavy atom. The second-order valence-corrected chi connectivity index (χ2v) is 13.2. The minimum Gasteiger partial charge on any atom is -0.467 e. The predicted molar refractivity (Wildman–Crippen MR) is 193 cm³/mol. The fourth-order valence-electron chi connectivity index (χ4n) is 3.63. The van der Waals surface area contributed by atoms with Crippen LogP contribution in [0.15, 0.2) is 48.5 Å². The molecule has 0 saturated carbocycles. The van der Waals surface area contributed by atoms with Crippen LogP contribution in [0.2, 0.25) is 0 Å². The van der Waals surface area contributed by atoms with E-state index in [-0.39, 0.29) is 35.0 Å². The highest BCUT2D eigenvalue weighted by Gasteiger charge is 2.27. The quantitative estimate of drug-likeness (QED) is 0.0263. The van der Waals surface area contributed by atoms with Crippen LogP contribution in [0, 0.1) is 0 Å². The predicted octanol–water partition coefficient (Wildman–Crippen LogP) is 2.14. The molecule has 0 aliphatic carbocycles. The van der Waals surface area contributed by atoms with Crippen molar-refractivity contribution in [3.8, 4) is 11.1 Å². The fourth-order valence-corrected chi connectivity index (χ4v) is 7.46. The number of hydrogen-bond donors (Lipinski definition) is 7. The van der Waals surface area contributed by atoms with Crippen molar-refractivity contribution in [2.75, 3.05) is 38.1 Å². The number of carbonyl (C=O) groups excluding carboxylic acids is 5. The lowest BCUT2D eigenvalue weighted by Gasteiger charge is -2.20. The summed E-state index contributed by atoms with van der Waals surface area (Å²) in [6.45, 7) is -0.195. The van der Waals surface area contributed by atoms with E-state index >= 15 is 0 Å². The highest BCUT2D eigenvalue weighted by molar-refractivity contribution is 8.76. The van der Waals surface area contributed by atoms with Crippen molar-refractivity contribution in [2.45, 2.75) is 24.2 Å². The first-order valence-electron chi connectivity index (χ1n) is 13.4. The monoisotopic (exact) mass is 746 g/mol. The molecule has 250 valence electrons. The van der Waals surface area contributed by atoms with E-state index in [1.165, 1.54) is 30.4 Å². The Morgan fingerprint density at radius 2 is 1.35 bits per heavy atom. The zero-order valence-electron chi connectivity index (χ0n) is 24.7. The average molecular weight is 747 g/mol. The summed E-state index contributed by atoms with van der Waals surface area (Å²) in [7, 11) is 4.78. The van der Waals surface area contributed by atoms with E-state index in [1.807, 2.05) is 0 Å². The van der Waals surface area contributed by atoms with Gasteiger partial charge < -0.3 is 25.2 Å². The molecule has 12 nitrogen and oxygen atoms in total. The van der Waals surface area contributed by atoms with Gasteiger partial charge in [-0.25, -0.2) is 14.3 Å². The van der Waals surface area contributed by atoms with Crippen molar-refractivity contribution in [1.29, 1.82) is 0 Å². The number of benzene rings is 2. The Morgan fingerprint density at radius 3 is 1.78 bits per heavy atom. The van der Waals surface area contributed by atoms with E-state index in [9.17, 15) is 29.1 Å². The van der Waals surface area contributed by atoms with Crippen molar-refractivity contribution in [3.05, 3.63) is 59.7 Å². The van der Waals surface area contributed by atoms with Gasteiger partial charge in [0.25, 0.3) is 11.8 Å². The molecule has 2 amide bonds. The second-order valence-electron chi connectivity index (χ2n) is 9.10. The Labute approximate surface area is 295 Å². The van der Waals surface area contributed by atoms with Gasteiger partial charge in [0.15, 0.2) is 0 Å². The lowest BCUT2D eigenvalue weighted by Crippen LogP contribution is -2.44. The zero-order valence-corrected chi connectivity index (χ0v) is 29.7. The summed E-state index contributed by atoms with van der Waals surface area (Å²) in [4.78, 5) is 63.6. The van der Waals surface area contributed by atoms with Crippen LogP contribution in [0.4, 0.5) is 0 Å². The minimum absolute atomic E-state index is 0.0256. The summed E-state index contributed by atoms with van der Waals surface area (Å²) in [5.74, 6) is -2.21. The Hall–Kier alpha value is -2.29. The number of hydrogen-bond acceptors (Lipinski definition) is 15. The van der Waals surface area contributed by atoms with Gasteiger partial charge in [0.1, 0.15) is 12.1 Å². The molecule has 2 rings (SSSR count). The molecular formula is C28H34N4O8S6. The number of carbonyl (C=O) groups is 5. The zero-order chi connectivity index (χ0) is 34.1. The standard InChI is InChI=1S/C28H34N4O8S6/c1-39-26(36)22(14-44-32-21(13-42)28(38)43)29-24(34)19-9-5-3-7-17(19)18-8-4-6-10-20(18)25(35)30-23(27(37)40-2)15-45-46-31-16(11-33)12-41/h3-10,12,16,21-23,31-33,42H,11,13-15H2,1-2H3,(H,29,34)(H,30,35)(H,38,43)/t16-,21+,22?,23?/m1/s1. The molecule has 2 aromatic rings. The lowest BCUT2D eigenvalue weighted by molar-refractivity contribution is -0.143. The van der Waals surface area contributed by atoms with Crippen molar-refractivity contribution in [1.82, 2.24) is 20.1 Å². The van der Waals surface area contributed by atoms with Crippen LogP contribution in [0.1, 0.15) is 20.7 Å². The molecule has 0 heterocycles. The molecule has 0 spiro atoms. The maximum atomic E-state index is 13.5. The molecule has 0 radical (unpaired) electrons. The number of thiol groups is 2. The van der Waals surface area contributed by atoms with Gasteiger partial charge in [0, 0.05) is 28.4 Å². The third-order valence-corrected chi connectivity index (χ3v) is 10.0. The molecule has 0 saturated heterocycles. The number of aliphatic hydroxyl groups excluding tert-OH is 1. The number of thiocarbonyl (C=S) groups is 1. The van der Waals surface area contributed by atoms with Crippen LogP contribution in [-0.2, 0) is 23.9 Å². The molecule has 18 heteroatoms. The van der Waals surface area contributed by atoms with Gasteiger partial charge in [-0.3, -0.25) is 19.1 Å². The Balaban J connectivity index is 2.28. The van der Waals surface area contributed by atoms with Crippen molar-refractivity contribution >= 4 is 105 Å². The van der Waals surface area contributed by atoms with Crippen molar-refractivity contribution in [2.24, 2.45) is 0 Å². The molecule has 4 atom stereocenters. The summed E-state index contributed by atoms with van der Waals surface area (Å²) in [5, 5.41) is 15.6. The van der Waals surface area contributed by atoms with E-state index in [2.05, 4.69) is 45.3 Å². The number of methoxy groups -OCH3 is 2. The van der Waals surface area contributed by atoms with Crippen LogP contribution >= 0.6 is 71.2 Å². The van der Waals surface area contributed by atoms with Crippen LogP contribution in [0.3, 0.4) is 0 Å². The van der Waals surface area contributed by atoms with Crippen molar-refractivity contribution < 1.29 is 38.6 Å². The molecule has 0 aromatic heterocycles. The topological polar surface area (TPSA) is 172 Å². The molecule has 0 aliphatic heterocycles. The number of ether oxygens (including phenoxy) is 2. The SMILES string of the molecule is COC(=O)C(CSN[C@@H](CS)C(=O)S)NC(=O)c1ccccc1-c1ccccc1C(=O)NC(CSSN[C@@H](C=S)CO)C(=O)OC. The maximum Gasteiger partial charge on any atom is 0.329 e. The van der Waals surface area contributed by atoms with Crippen LogP contribution in [0.5, 0.6) is 0 Å². The first kappa shape index (κ1) is 39.9. The van der Waals surface area contributed by atoms with Crippen LogP contribution in [0.25, 0.3) is 11.1 Å². The number of aliphatic hydroxyl groups is 1. The first-order chi connectivity index (χ1) is 22.1. The van der Waals surface area contributed by atoms with E-state index in [0.29, 0.717) is 11.1 Å². The summed E-state index contributed by atoms with van der Waals surface area (Å²) in [5.41, 5.74) is 1.16. The molecule has 0 fully saturated rings. The van der Waals surface area contributed by atoms with E-state index < -0.39 is 53.0 Å². The molecule has 46 heavy (non-hydrogen) atoms. The molecule has 5 N–H and O–H groups in total. The van der Waals surface area contributed by atoms with Crippen molar-refractivity contribution in [3.63, 3.8) is 0 Å².